The number of hydrogen-bond donors (Lipinski definition) is 0. The average Bonchev–Trinajstić information content (AvgIpc) is 2.48. The first-order chi connectivity index (χ1) is 10.2. The van der Waals surface area contributed by atoms with E-state index < -0.39 is 16.6 Å². The van der Waals surface area contributed by atoms with Gasteiger partial charge in [-0.15, -0.1) is 0 Å². The van der Waals surface area contributed by atoms with Crippen LogP contribution in [0.4, 0.5) is 0 Å². The Morgan fingerprint density at radius 1 is 0.381 bits per heavy atom. The normalized spacial score (nSPS) is 12.0. The molecule has 0 N–H and O–H groups in total. The second-order valence-electron chi connectivity index (χ2n) is 7.33. The molecule has 0 saturated carbocycles. The van der Waals surface area contributed by atoms with E-state index in [-0.39, 0.29) is 0 Å². The standard InChI is InChI=1S/4C5H11.Ti/c4*1-3-5-4-2;/h4*1,3-5H2,2H3;. The molecule has 128 valence electrons. The molecule has 0 aliphatic heterocycles. The first kappa shape index (κ1) is 21.7. The third-order valence-electron chi connectivity index (χ3n) is 5.24. The molecule has 0 heterocycles. The maximum absolute atomic E-state index is 2.36. The van der Waals surface area contributed by atoms with Gasteiger partial charge in [0.2, 0.25) is 0 Å². The van der Waals surface area contributed by atoms with Crippen molar-refractivity contribution in [1.29, 1.82) is 0 Å². The summed E-state index contributed by atoms with van der Waals surface area (Å²) in [7, 11) is 0. The Morgan fingerprint density at radius 3 is 0.810 bits per heavy atom. The fourth-order valence-corrected chi connectivity index (χ4v) is 12.3. The van der Waals surface area contributed by atoms with Crippen LogP contribution in [-0.2, 0) is 16.6 Å². The molecule has 0 spiro atoms. The molecule has 0 saturated heterocycles. The molecule has 0 atom stereocenters. The second kappa shape index (κ2) is 15.6. The first-order valence-corrected chi connectivity index (χ1v) is 14.7. The van der Waals surface area contributed by atoms with E-state index in [9.17, 15) is 0 Å². The van der Waals surface area contributed by atoms with Crippen molar-refractivity contribution in [3.8, 4) is 0 Å². The van der Waals surface area contributed by atoms with Crippen molar-refractivity contribution in [3.63, 3.8) is 0 Å². The monoisotopic (exact) mass is 332 g/mol. The van der Waals surface area contributed by atoms with E-state index in [0.29, 0.717) is 0 Å². The van der Waals surface area contributed by atoms with Crippen molar-refractivity contribution in [2.75, 3.05) is 0 Å². The van der Waals surface area contributed by atoms with E-state index in [0.717, 1.165) is 0 Å². The summed E-state index contributed by atoms with van der Waals surface area (Å²) < 4.78 is 6.80. The van der Waals surface area contributed by atoms with E-state index in [2.05, 4.69) is 27.7 Å². The van der Waals surface area contributed by atoms with Gasteiger partial charge in [0.1, 0.15) is 0 Å². The Balaban J connectivity index is 4.52. The van der Waals surface area contributed by atoms with Crippen LogP contribution in [0.25, 0.3) is 0 Å². The summed E-state index contributed by atoms with van der Waals surface area (Å²) in [5.41, 5.74) is 0. The van der Waals surface area contributed by atoms with Crippen LogP contribution < -0.4 is 0 Å². The number of unbranched alkanes of at least 4 members (excludes halogenated alkanes) is 8. The van der Waals surface area contributed by atoms with E-state index >= 15 is 0 Å². The molecule has 21 heavy (non-hydrogen) atoms. The quantitative estimate of drug-likeness (QED) is 0.196. The molecule has 0 rings (SSSR count). The fraction of sp³-hybridized carbons (Fsp3) is 1.00. The van der Waals surface area contributed by atoms with Crippen molar-refractivity contribution in [3.05, 3.63) is 0 Å². The molecule has 0 amide bonds. The van der Waals surface area contributed by atoms with Crippen LogP contribution in [0, 0.1) is 0 Å². The van der Waals surface area contributed by atoms with Gasteiger partial charge in [-0.3, -0.25) is 0 Å². The average molecular weight is 332 g/mol. The first-order valence-electron chi connectivity index (χ1n) is 10.2. The Labute approximate surface area is 140 Å². The number of rotatable bonds is 16. The molecule has 0 unspecified atom stereocenters. The molecule has 0 nitrogen and oxygen atoms in total. The Bertz CT molecular complexity index is 155. The Morgan fingerprint density at radius 2 is 0.619 bits per heavy atom. The summed E-state index contributed by atoms with van der Waals surface area (Å²) in [5, 5.41) is 0. The van der Waals surface area contributed by atoms with Gasteiger partial charge >= 0.3 is 140 Å². The zero-order chi connectivity index (χ0) is 15.8. The zero-order valence-corrected chi connectivity index (χ0v) is 17.4. The molecule has 0 aromatic carbocycles. The van der Waals surface area contributed by atoms with Gasteiger partial charge < -0.3 is 0 Å². The van der Waals surface area contributed by atoms with Crippen molar-refractivity contribution >= 4 is 0 Å². The Hall–Kier alpha value is 0.714. The molecule has 1 heteroatoms. The summed E-state index contributed by atoms with van der Waals surface area (Å²) in [5.74, 6) is 0. The van der Waals surface area contributed by atoms with Gasteiger partial charge in [-0.1, -0.05) is 0 Å². The van der Waals surface area contributed by atoms with E-state index in [4.69, 9.17) is 0 Å². The zero-order valence-electron chi connectivity index (χ0n) is 15.8. The third kappa shape index (κ3) is 11.9. The van der Waals surface area contributed by atoms with E-state index in [1.54, 1.807) is 44.6 Å². The molecule has 0 radical (unpaired) electrons. The molecule has 0 aliphatic rings. The summed E-state index contributed by atoms with van der Waals surface area (Å²) >= 11 is -1.52. The van der Waals surface area contributed by atoms with Gasteiger partial charge in [-0.05, 0) is 0 Å². The molecular weight excluding hydrogens is 288 g/mol. The summed E-state index contributed by atoms with van der Waals surface area (Å²) in [4.78, 5) is 0. The second-order valence-corrected chi connectivity index (χ2v) is 15.1. The third-order valence-corrected chi connectivity index (χ3v) is 14.1. The minimum absolute atomic E-state index is 1.40. The van der Waals surface area contributed by atoms with Crippen LogP contribution in [0.2, 0.25) is 18.9 Å². The van der Waals surface area contributed by atoms with Gasteiger partial charge in [0.25, 0.3) is 0 Å². The maximum atomic E-state index is 2.36. The van der Waals surface area contributed by atoms with E-state index in [1.165, 1.54) is 51.4 Å². The molecular formula is C20H44Ti. The number of hydrogen-bond acceptors (Lipinski definition) is 0. The summed E-state index contributed by atoms with van der Waals surface area (Å²) in [6.07, 6.45) is 17.8. The molecule has 0 fully saturated rings. The summed E-state index contributed by atoms with van der Waals surface area (Å²) in [6.45, 7) is 9.44. The van der Waals surface area contributed by atoms with Crippen molar-refractivity contribution < 1.29 is 16.6 Å². The summed E-state index contributed by atoms with van der Waals surface area (Å²) in [6, 6.07) is 0. The van der Waals surface area contributed by atoms with Crippen molar-refractivity contribution in [1.82, 2.24) is 0 Å². The topological polar surface area (TPSA) is 0 Å². The van der Waals surface area contributed by atoms with Crippen LogP contribution in [0.5, 0.6) is 0 Å². The van der Waals surface area contributed by atoms with Crippen molar-refractivity contribution in [2.45, 2.75) is 124 Å². The van der Waals surface area contributed by atoms with Crippen LogP contribution in [-0.4, -0.2) is 0 Å². The van der Waals surface area contributed by atoms with Gasteiger partial charge in [-0.25, -0.2) is 0 Å². The molecule has 0 aliphatic carbocycles. The molecule has 0 bridgehead atoms. The van der Waals surface area contributed by atoms with Gasteiger partial charge in [-0.2, -0.15) is 0 Å². The van der Waals surface area contributed by atoms with Crippen molar-refractivity contribution in [2.24, 2.45) is 0 Å². The predicted molar refractivity (Wildman–Crippen MR) is 97.3 cm³/mol. The van der Waals surface area contributed by atoms with Crippen LogP contribution in [0.15, 0.2) is 0 Å². The van der Waals surface area contributed by atoms with Gasteiger partial charge in [0.15, 0.2) is 0 Å². The molecule has 0 aromatic rings. The van der Waals surface area contributed by atoms with E-state index in [1.807, 2.05) is 0 Å². The van der Waals surface area contributed by atoms with Crippen LogP contribution in [0.1, 0.15) is 105 Å². The fourth-order valence-electron chi connectivity index (χ4n) is 3.75. The minimum atomic E-state index is -1.52. The van der Waals surface area contributed by atoms with Crippen LogP contribution in [0.3, 0.4) is 0 Å². The predicted octanol–water partition coefficient (Wildman–Crippen LogP) is 8.57. The SMILES string of the molecule is CCCC[CH2][Ti]([CH2]CCCC)([CH2]CCCC)[CH2]CCCC. The van der Waals surface area contributed by atoms with Gasteiger partial charge in [0.05, 0.1) is 0 Å². The van der Waals surface area contributed by atoms with Gasteiger partial charge in [0, 0.05) is 0 Å². The van der Waals surface area contributed by atoms with Crippen LogP contribution >= 0.6 is 0 Å². The Kier molecular flexibility index (Phi) is 16.1. The molecule has 0 aromatic heterocycles.